The lowest BCUT2D eigenvalue weighted by atomic mass is 9.94. The molecule has 1 atom stereocenters. The summed E-state index contributed by atoms with van der Waals surface area (Å²) in [5.41, 5.74) is 7.63. The van der Waals surface area contributed by atoms with E-state index in [1.165, 1.54) is 17.4 Å². The molecule has 1 aliphatic heterocycles. The number of carboxylic acid groups (broad SMARTS) is 1. The van der Waals surface area contributed by atoms with Crippen molar-refractivity contribution in [1.82, 2.24) is 10.2 Å². The number of thiophene rings is 1. The Bertz CT molecular complexity index is 1330. The number of piperidine rings is 1. The van der Waals surface area contributed by atoms with E-state index < -0.39 is 12.0 Å². The van der Waals surface area contributed by atoms with Crippen LogP contribution in [-0.4, -0.2) is 40.9 Å². The zero-order valence-electron chi connectivity index (χ0n) is 19.2. The van der Waals surface area contributed by atoms with Crippen LogP contribution < -0.4 is 11.1 Å². The smallest absolute Gasteiger partial charge is 0.305 e. The maximum atomic E-state index is 12.9. The molecule has 4 rings (SSSR count). The highest BCUT2D eigenvalue weighted by Crippen LogP contribution is 2.37. The Morgan fingerprint density at radius 1 is 1.17 bits per heavy atom. The average molecular weight is 546 g/mol. The Labute approximate surface area is 222 Å². The monoisotopic (exact) mass is 545 g/mol. The molecule has 0 spiro atoms. The van der Waals surface area contributed by atoms with Crippen molar-refractivity contribution in [3.8, 4) is 0 Å². The third-order valence-corrected chi connectivity index (χ3v) is 8.19. The van der Waals surface area contributed by atoms with Crippen LogP contribution in [0.4, 0.5) is 5.69 Å². The summed E-state index contributed by atoms with van der Waals surface area (Å²) in [4.78, 5) is 38.7. The van der Waals surface area contributed by atoms with E-state index in [4.69, 9.17) is 28.9 Å². The Balaban J connectivity index is 1.35. The summed E-state index contributed by atoms with van der Waals surface area (Å²) < 4.78 is 0.909. The van der Waals surface area contributed by atoms with Crippen LogP contribution in [0.5, 0.6) is 0 Å². The van der Waals surface area contributed by atoms with Crippen molar-refractivity contribution in [2.24, 2.45) is 5.92 Å². The summed E-state index contributed by atoms with van der Waals surface area (Å²) in [6, 6.07) is 10.00. The predicted molar refractivity (Wildman–Crippen MR) is 144 cm³/mol. The van der Waals surface area contributed by atoms with Gasteiger partial charge in [-0.3, -0.25) is 14.4 Å². The molecule has 0 bridgehead atoms. The second-order valence-corrected chi connectivity index (χ2v) is 10.4. The number of aliphatic carboxylic acids is 1. The highest BCUT2D eigenvalue weighted by Gasteiger charge is 2.29. The minimum Gasteiger partial charge on any atom is -0.481 e. The number of amides is 2. The molecule has 3 aromatic rings. The van der Waals surface area contributed by atoms with Gasteiger partial charge in [0.2, 0.25) is 11.8 Å². The number of nitrogens with zero attached hydrogens (tertiary/aromatic N) is 1. The number of nitrogen functional groups attached to an aromatic ring is 1. The molecule has 4 N–H and O–H groups in total. The van der Waals surface area contributed by atoms with Crippen LogP contribution in [0, 0.1) is 5.92 Å². The van der Waals surface area contributed by atoms with Gasteiger partial charge in [0.15, 0.2) is 0 Å². The summed E-state index contributed by atoms with van der Waals surface area (Å²) in [7, 11) is 0. The van der Waals surface area contributed by atoms with Gasteiger partial charge in [0, 0.05) is 30.8 Å². The number of benzene rings is 2. The van der Waals surface area contributed by atoms with E-state index in [-0.39, 0.29) is 24.2 Å². The summed E-state index contributed by atoms with van der Waals surface area (Å²) >= 11 is 14.3. The van der Waals surface area contributed by atoms with Crippen LogP contribution in [-0.2, 0) is 14.4 Å². The number of halogens is 2. The van der Waals surface area contributed by atoms with Crippen LogP contribution in [0.3, 0.4) is 0 Å². The van der Waals surface area contributed by atoms with E-state index >= 15 is 0 Å². The van der Waals surface area contributed by atoms with Gasteiger partial charge in [-0.25, -0.2) is 0 Å². The predicted octanol–water partition coefficient (Wildman–Crippen LogP) is 5.37. The summed E-state index contributed by atoms with van der Waals surface area (Å²) in [6.45, 7) is 0.836. The lowest BCUT2D eigenvalue weighted by Gasteiger charge is -2.31. The van der Waals surface area contributed by atoms with Crippen molar-refractivity contribution >= 4 is 74.2 Å². The highest BCUT2D eigenvalue weighted by molar-refractivity contribution is 7.18. The van der Waals surface area contributed by atoms with E-state index in [0.717, 1.165) is 10.1 Å². The lowest BCUT2D eigenvalue weighted by Crippen LogP contribution is -2.43. The topological polar surface area (TPSA) is 113 Å². The standard InChI is InChI=1S/C26H25Cl2N3O4S/c27-23-17(12-18-8-11-36-25(18)24(23)28)4-5-21(32)31-9-6-15(7-10-31)26(35)30-20(14-22(33)34)16-2-1-3-19(29)13-16/h1-5,8,11-13,15,20H,6-7,9-10,14,29H2,(H,30,35)(H,33,34)/b5-4+. The largest absolute Gasteiger partial charge is 0.481 e. The Hall–Kier alpha value is -3.07. The molecular weight excluding hydrogens is 521 g/mol. The van der Waals surface area contributed by atoms with Crippen LogP contribution in [0.1, 0.15) is 36.4 Å². The molecule has 7 nitrogen and oxygen atoms in total. The third-order valence-electron chi connectivity index (χ3n) is 6.24. The van der Waals surface area contributed by atoms with E-state index in [1.807, 2.05) is 17.5 Å². The Morgan fingerprint density at radius 2 is 1.92 bits per heavy atom. The minimum atomic E-state index is -1.02. The molecule has 2 aromatic carbocycles. The molecule has 2 heterocycles. The van der Waals surface area contributed by atoms with Crippen LogP contribution >= 0.6 is 34.5 Å². The first kappa shape index (κ1) is 26.0. The van der Waals surface area contributed by atoms with E-state index in [0.29, 0.717) is 52.8 Å². The SMILES string of the molecule is Nc1cccc(C(CC(=O)O)NC(=O)C2CCN(C(=O)/C=C/c3cc4ccsc4c(Cl)c3Cl)CC2)c1. The van der Waals surface area contributed by atoms with Crippen molar-refractivity contribution in [3.05, 3.63) is 69.0 Å². The second kappa shape index (κ2) is 11.3. The van der Waals surface area contributed by atoms with Crippen LogP contribution in [0.2, 0.25) is 10.0 Å². The van der Waals surface area contributed by atoms with Crippen molar-refractivity contribution in [2.45, 2.75) is 25.3 Å². The van der Waals surface area contributed by atoms with E-state index in [9.17, 15) is 19.5 Å². The van der Waals surface area contributed by atoms with Gasteiger partial charge in [-0.1, -0.05) is 35.3 Å². The molecule has 1 fully saturated rings. The minimum absolute atomic E-state index is 0.171. The van der Waals surface area contributed by atoms with Gasteiger partial charge < -0.3 is 21.1 Å². The van der Waals surface area contributed by atoms with Crippen LogP contribution in [0.25, 0.3) is 16.2 Å². The lowest BCUT2D eigenvalue weighted by molar-refractivity contribution is -0.138. The number of carboxylic acids is 1. The number of likely N-dealkylation sites (tertiary alicyclic amines) is 1. The normalized spacial score (nSPS) is 15.3. The molecule has 0 saturated carbocycles. The second-order valence-electron chi connectivity index (χ2n) is 8.69. The fraction of sp³-hybridized carbons (Fsp3) is 0.269. The molecule has 2 amide bonds. The molecule has 1 aromatic heterocycles. The summed E-state index contributed by atoms with van der Waals surface area (Å²) in [5.74, 6) is -1.73. The van der Waals surface area contributed by atoms with Crippen molar-refractivity contribution in [3.63, 3.8) is 0 Å². The molecular formula is C26H25Cl2N3O4S. The Morgan fingerprint density at radius 3 is 2.61 bits per heavy atom. The zero-order valence-corrected chi connectivity index (χ0v) is 21.6. The number of fused-ring (bicyclic) bond motifs is 1. The first-order valence-electron chi connectivity index (χ1n) is 11.4. The molecule has 1 saturated heterocycles. The fourth-order valence-electron chi connectivity index (χ4n) is 4.31. The first-order valence-corrected chi connectivity index (χ1v) is 13.1. The molecule has 0 aliphatic carbocycles. The van der Waals surface area contributed by atoms with Crippen LogP contribution in [0.15, 0.2) is 47.9 Å². The maximum Gasteiger partial charge on any atom is 0.305 e. The van der Waals surface area contributed by atoms with E-state index in [2.05, 4.69) is 5.32 Å². The van der Waals surface area contributed by atoms with Crippen molar-refractivity contribution in [2.75, 3.05) is 18.8 Å². The molecule has 0 radical (unpaired) electrons. The number of carbonyl (C=O) groups excluding carboxylic acids is 2. The molecule has 188 valence electrons. The molecule has 10 heteroatoms. The summed E-state index contributed by atoms with van der Waals surface area (Å²) in [5, 5.41) is 15.9. The van der Waals surface area contributed by atoms with Gasteiger partial charge in [0.25, 0.3) is 0 Å². The zero-order chi connectivity index (χ0) is 25.8. The number of nitrogens with two attached hydrogens (primary N) is 1. The summed E-state index contributed by atoms with van der Waals surface area (Å²) in [6.07, 6.45) is 3.85. The van der Waals surface area contributed by atoms with Gasteiger partial charge in [0.05, 0.1) is 27.2 Å². The van der Waals surface area contributed by atoms with Gasteiger partial charge in [-0.2, -0.15) is 0 Å². The average Bonchev–Trinajstić information content (AvgIpc) is 3.33. The van der Waals surface area contributed by atoms with E-state index in [1.54, 1.807) is 35.2 Å². The number of rotatable bonds is 7. The van der Waals surface area contributed by atoms with Gasteiger partial charge in [0.1, 0.15) is 0 Å². The number of nitrogens with one attached hydrogen (secondary N) is 1. The number of anilines is 1. The quantitative estimate of drug-likeness (QED) is 0.272. The van der Waals surface area contributed by atoms with Crippen molar-refractivity contribution in [1.29, 1.82) is 0 Å². The molecule has 1 aliphatic rings. The van der Waals surface area contributed by atoms with Crippen molar-refractivity contribution < 1.29 is 19.5 Å². The Kier molecular flexibility index (Phi) is 8.18. The van der Waals surface area contributed by atoms with Gasteiger partial charge >= 0.3 is 5.97 Å². The number of hydrogen-bond donors (Lipinski definition) is 3. The third kappa shape index (κ3) is 6.00. The fourth-order valence-corrected chi connectivity index (χ4v) is 5.75. The van der Waals surface area contributed by atoms with Gasteiger partial charge in [-0.05, 0) is 65.1 Å². The number of hydrogen-bond acceptors (Lipinski definition) is 5. The first-order chi connectivity index (χ1) is 17.2. The van der Waals surface area contributed by atoms with Gasteiger partial charge in [-0.15, -0.1) is 11.3 Å². The molecule has 36 heavy (non-hydrogen) atoms. The molecule has 1 unspecified atom stereocenters. The highest BCUT2D eigenvalue weighted by atomic mass is 35.5. The maximum absolute atomic E-state index is 12.9. The number of carbonyl (C=O) groups is 3.